The summed E-state index contributed by atoms with van der Waals surface area (Å²) in [6.07, 6.45) is 0. The molecule has 0 radical (unpaired) electrons. The summed E-state index contributed by atoms with van der Waals surface area (Å²) in [7, 11) is 1.52. The van der Waals surface area contributed by atoms with Crippen LogP contribution in [0.25, 0.3) is 5.76 Å². The molecule has 0 spiro atoms. The lowest BCUT2D eigenvalue weighted by molar-refractivity contribution is -0.132. The van der Waals surface area contributed by atoms with Crippen LogP contribution in [0.3, 0.4) is 0 Å². The fourth-order valence-electron chi connectivity index (χ4n) is 3.58. The number of benzene rings is 3. The van der Waals surface area contributed by atoms with E-state index in [0.717, 1.165) is 0 Å². The summed E-state index contributed by atoms with van der Waals surface area (Å²) in [5.41, 5.74) is 1.30. The Morgan fingerprint density at radius 2 is 1.67 bits per heavy atom. The SMILES string of the molecule is COc1cccc(C2C(=C(O)c3ccc(F)cc3)C(=O)C(=O)N2c2ccccc2)c1. The van der Waals surface area contributed by atoms with Gasteiger partial charge in [0.1, 0.15) is 17.3 Å². The number of halogens is 1. The molecule has 3 aromatic carbocycles. The van der Waals surface area contributed by atoms with Gasteiger partial charge >= 0.3 is 0 Å². The number of hydrogen-bond donors (Lipinski definition) is 1. The number of para-hydroxylation sites is 1. The predicted molar refractivity (Wildman–Crippen MR) is 111 cm³/mol. The first kappa shape index (κ1) is 19.4. The summed E-state index contributed by atoms with van der Waals surface area (Å²) in [4.78, 5) is 27.3. The quantitative estimate of drug-likeness (QED) is 0.397. The van der Waals surface area contributed by atoms with Gasteiger partial charge in [0.05, 0.1) is 18.7 Å². The molecule has 0 saturated carbocycles. The Labute approximate surface area is 172 Å². The van der Waals surface area contributed by atoms with E-state index in [1.54, 1.807) is 54.6 Å². The second-order valence-corrected chi connectivity index (χ2v) is 6.79. The Hall–Kier alpha value is -3.93. The van der Waals surface area contributed by atoms with Gasteiger partial charge in [-0.1, -0.05) is 30.3 Å². The van der Waals surface area contributed by atoms with Crippen LogP contribution in [-0.2, 0) is 9.59 Å². The van der Waals surface area contributed by atoms with Crippen molar-refractivity contribution in [2.45, 2.75) is 6.04 Å². The molecule has 150 valence electrons. The highest BCUT2D eigenvalue weighted by Crippen LogP contribution is 2.42. The van der Waals surface area contributed by atoms with Crippen LogP contribution in [0.2, 0.25) is 0 Å². The van der Waals surface area contributed by atoms with Crippen molar-refractivity contribution in [1.29, 1.82) is 0 Å². The number of nitrogens with zero attached hydrogens (tertiary/aromatic N) is 1. The zero-order valence-corrected chi connectivity index (χ0v) is 16.1. The average Bonchev–Trinajstić information content (AvgIpc) is 3.05. The fraction of sp³-hybridized carbons (Fsp3) is 0.0833. The van der Waals surface area contributed by atoms with Gasteiger partial charge in [0.2, 0.25) is 0 Å². The molecule has 1 heterocycles. The number of aliphatic hydroxyl groups excluding tert-OH is 1. The molecule has 0 aromatic heterocycles. The number of ether oxygens (including phenoxy) is 1. The van der Waals surface area contributed by atoms with Crippen molar-refractivity contribution in [2.75, 3.05) is 12.0 Å². The Balaban J connectivity index is 1.95. The predicted octanol–water partition coefficient (Wildman–Crippen LogP) is 4.46. The van der Waals surface area contributed by atoms with E-state index in [-0.39, 0.29) is 16.9 Å². The van der Waals surface area contributed by atoms with Crippen molar-refractivity contribution >= 4 is 23.1 Å². The van der Waals surface area contributed by atoms with Crippen LogP contribution in [0.1, 0.15) is 17.2 Å². The highest BCUT2D eigenvalue weighted by molar-refractivity contribution is 6.51. The summed E-state index contributed by atoms with van der Waals surface area (Å²) in [6, 6.07) is 20.0. The third-order valence-corrected chi connectivity index (χ3v) is 5.01. The summed E-state index contributed by atoms with van der Waals surface area (Å²) in [6.45, 7) is 0. The first-order valence-electron chi connectivity index (χ1n) is 9.27. The number of aliphatic hydroxyl groups is 1. The van der Waals surface area contributed by atoms with Crippen molar-refractivity contribution in [3.05, 3.63) is 101 Å². The average molecular weight is 403 g/mol. The maximum absolute atomic E-state index is 13.3. The minimum Gasteiger partial charge on any atom is -0.507 e. The van der Waals surface area contributed by atoms with Gasteiger partial charge in [-0.3, -0.25) is 14.5 Å². The molecule has 1 aliphatic rings. The number of amides is 1. The second kappa shape index (κ2) is 7.83. The number of Topliss-reactive ketones (excluding diaryl/α,β-unsaturated/α-hetero) is 1. The van der Waals surface area contributed by atoms with E-state index >= 15 is 0 Å². The minimum atomic E-state index is -0.868. The standard InChI is InChI=1S/C24H18FNO4/c1-30-19-9-5-6-16(14-19)21-20(22(27)15-10-12-17(25)13-11-15)23(28)24(29)26(21)18-7-3-2-4-8-18/h2-14,21,27H,1H3. The van der Waals surface area contributed by atoms with Crippen molar-refractivity contribution in [3.63, 3.8) is 0 Å². The normalized spacial score (nSPS) is 17.9. The topological polar surface area (TPSA) is 66.8 Å². The van der Waals surface area contributed by atoms with E-state index in [9.17, 15) is 19.1 Å². The lowest BCUT2D eigenvalue weighted by Crippen LogP contribution is -2.29. The van der Waals surface area contributed by atoms with Crippen molar-refractivity contribution in [3.8, 4) is 5.75 Å². The number of carbonyl (C=O) groups excluding carboxylic acids is 2. The van der Waals surface area contributed by atoms with E-state index in [0.29, 0.717) is 17.0 Å². The second-order valence-electron chi connectivity index (χ2n) is 6.79. The highest BCUT2D eigenvalue weighted by atomic mass is 19.1. The smallest absolute Gasteiger partial charge is 0.300 e. The molecule has 6 heteroatoms. The Morgan fingerprint density at radius 1 is 0.967 bits per heavy atom. The molecule has 3 aromatic rings. The summed E-state index contributed by atoms with van der Waals surface area (Å²) < 4.78 is 18.6. The minimum absolute atomic E-state index is 0.0660. The fourth-order valence-corrected chi connectivity index (χ4v) is 3.58. The Kier molecular flexibility index (Phi) is 5.06. The van der Waals surface area contributed by atoms with Gasteiger partial charge < -0.3 is 9.84 Å². The van der Waals surface area contributed by atoms with E-state index in [1.807, 2.05) is 0 Å². The van der Waals surface area contributed by atoms with Gasteiger partial charge in [-0.15, -0.1) is 0 Å². The molecule has 1 fully saturated rings. The number of carbonyl (C=O) groups is 2. The van der Waals surface area contributed by atoms with Crippen LogP contribution in [0.15, 0.2) is 84.4 Å². The van der Waals surface area contributed by atoms with Crippen molar-refractivity contribution < 1.29 is 23.8 Å². The molecule has 1 amide bonds. The zero-order chi connectivity index (χ0) is 21.3. The van der Waals surface area contributed by atoms with Crippen molar-refractivity contribution in [2.24, 2.45) is 0 Å². The number of rotatable bonds is 4. The molecule has 5 nitrogen and oxygen atoms in total. The van der Waals surface area contributed by atoms with E-state index in [2.05, 4.69) is 0 Å². The molecule has 1 saturated heterocycles. The molecule has 1 atom stereocenters. The molecular weight excluding hydrogens is 385 g/mol. The molecule has 1 N–H and O–H groups in total. The van der Waals surface area contributed by atoms with Crippen LogP contribution in [0.4, 0.5) is 10.1 Å². The summed E-state index contributed by atoms with van der Waals surface area (Å²) in [5.74, 6) is -1.85. The molecule has 4 rings (SSSR count). The molecule has 0 bridgehead atoms. The number of methoxy groups -OCH3 is 1. The van der Waals surface area contributed by atoms with E-state index in [4.69, 9.17) is 4.74 Å². The van der Waals surface area contributed by atoms with Gasteiger partial charge in [-0.2, -0.15) is 0 Å². The lowest BCUT2D eigenvalue weighted by Gasteiger charge is -2.25. The number of ketones is 1. The molecule has 30 heavy (non-hydrogen) atoms. The van der Waals surface area contributed by atoms with Gasteiger partial charge in [-0.25, -0.2) is 4.39 Å². The van der Waals surface area contributed by atoms with Crippen LogP contribution >= 0.6 is 0 Å². The zero-order valence-electron chi connectivity index (χ0n) is 16.1. The van der Waals surface area contributed by atoms with Gasteiger partial charge in [0.25, 0.3) is 11.7 Å². The number of hydrogen-bond acceptors (Lipinski definition) is 4. The third-order valence-electron chi connectivity index (χ3n) is 5.01. The van der Waals surface area contributed by atoms with Crippen molar-refractivity contribution in [1.82, 2.24) is 0 Å². The molecule has 0 aliphatic carbocycles. The Bertz CT molecular complexity index is 1140. The molecule has 1 aliphatic heterocycles. The largest absolute Gasteiger partial charge is 0.507 e. The van der Waals surface area contributed by atoms with Gasteiger partial charge in [0.15, 0.2) is 0 Å². The highest BCUT2D eigenvalue weighted by Gasteiger charge is 2.47. The van der Waals surface area contributed by atoms with Crippen LogP contribution < -0.4 is 9.64 Å². The van der Waals surface area contributed by atoms with E-state index in [1.165, 1.54) is 36.3 Å². The third kappa shape index (κ3) is 3.33. The van der Waals surface area contributed by atoms with Crippen LogP contribution in [0.5, 0.6) is 5.75 Å². The molecule has 1 unspecified atom stereocenters. The summed E-state index contributed by atoms with van der Waals surface area (Å²) >= 11 is 0. The maximum atomic E-state index is 13.3. The number of anilines is 1. The Morgan fingerprint density at radius 3 is 2.33 bits per heavy atom. The maximum Gasteiger partial charge on any atom is 0.300 e. The summed E-state index contributed by atoms with van der Waals surface area (Å²) in [5, 5.41) is 10.9. The first-order valence-corrected chi connectivity index (χ1v) is 9.27. The monoisotopic (exact) mass is 403 g/mol. The van der Waals surface area contributed by atoms with Crippen LogP contribution in [0, 0.1) is 5.82 Å². The molecular formula is C24H18FNO4. The van der Waals surface area contributed by atoms with Gasteiger partial charge in [0, 0.05) is 11.3 Å². The first-order chi connectivity index (χ1) is 14.5. The van der Waals surface area contributed by atoms with Gasteiger partial charge in [-0.05, 0) is 54.1 Å². The van der Waals surface area contributed by atoms with Crippen LogP contribution in [-0.4, -0.2) is 23.9 Å². The lowest BCUT2D eigenvalue weighted by atomic mass is 9.95. The van der Waals surface area contributed by atoms with E-state index < -0.39 is 23.5 Å².